The van der Waals surface area contributed by atoms with Gasteiger partial charge in [0.15, 0.2) is 5.65 Å². The van der Waals surface area contributed by atoms with Crippen molar-refractivity contribution in [2.24, 2.45) is 5.41 Å². The predicted molar refractivity (Wildman–Crippen MR) is 135 cm³/mol. The third kappa shape index (κ3) is 4.03. The van der Waals surface area contributed by atoms with E-state index in [1.165, 1.54) is 12.0 Å². The molecule has 0 N–H and O–H groups in total. The Hall–Kier alpha value is -3.47. The van der Waals surface area contributed by atoms with Crippen LogP contribution in [0, 0.1) is 16.7 Å². The molecule has 1 aliphatic heterocycles. The summed E-state index contributed by atoms with van der Waals surface area (Å²) in [7, 11) is 0. The summed E-state index contributed by atoms with van der Waals surface area (Å²) in [6.45, 7) is 11.6. The highest BCUT2D eigenvalue weighted by Gasteiger charge is 2.38. The van der Waals surface area contributed by atoms with Crippen molar-refractivity contribution in [3.63, 3.8) is 0 Å². The van der Waals surface area contributed by atoms with Crippen molar-refractivity contribution in [2.45, 2.75) is 71.9 Å². The normalized spacial score (nSPS) is 21.1. The fourth-order valence-electron chi connectivity index (χ4n) is 5.25. The maximum atomic E-state index is 13.1. The first kappa shape index (κ1) is 23.3. The van der Waals surface area contributed by atoms with Gasteiger partial charge in [-0.15, -0.1) is 0 Å². The molecule has 8 heteroatoms. The minimum absolute atomic E-state index is 0.0751. The van der Waals surface area contributed by atoms with Gasteiger partial charge in [0.2, 0.25) is 5.91 Å². The van der Waals surface area contributed by atoms with Gasteiger partial charge in [-0.25, -0.2) is 15.0 Å². The minimum atomic E-state index is -0.405. The van der Waals surface area contributed by atoms with Crippen LogP contribution < -0.4 is 4.90 Å². The number of carbonyl (C=O) groups is 1. The fraction of sp³-hybridized carbons (Fsp3) is 0.519. The van der Waals surface area contributed by atoms with Crippen LogP contribution in [0.5, 0.6) is 0 Å². The van der Waals surface area contributed by atoms with Crippen LogP contribution in [0.25, 0.3) is 16.9 Å². The molecule has 3 aromatic heterocycles. The van der Waals surface area contributed by atoms with E-state index in [0.717, 1.165) is 29.7 Å². The fourth-order valence-corrected chi connectivity index (χ4v) is 5.25. The van der Waals surface area contributed by atoms with Gasteiger partial charge in [-0.1, -0.05) is 27.2 Å². The molecule has 8 nitrogen and oxygen atoms in total. The lowest BCUT2D eigenvalue weighted by Crippen LogP contribution is -2.60. The van der Waals surface area contributed by atoms with Crippen LogP contribution in [0.4, 0.5) is 5.82 Å². The Bertz CT molecular complexity index is 1310. The second kappa shape index (κ2) is 8.63. The largest absolute Gasteiger partial charge is 0.349 e. The number of nitriles is 1. The number of amides is 1. The van der Waals surface area contributed by atoms with Crippen molar-refractivity contribution >= 4 is 22.8 Å². The van der Waals surface area contributed by atoms with Gasteiger partial charge in [-0.2, -0.15) is 5.26 Å². The van der Waals surface area contributed by atoms with Gasteiger partial charge in [0.1, 0.15) is 18.0 Å². The molecular weight excluding hydrogens is 438 g/mol. The van der Waals surface area contributed by atoms with E-state index in [1.807, 2.05) is 30.2 Å². The first-order valence-corrected chi connectivity index (χ1v) is 12.5. The summed E-state index contributed by atoms with van der Waals surface area (Å²) < 4.78 is 2.00. The Morgan fingerprint density at radius 2 is 1.89 bits per heavy atom. The maximum absolute atomic E-state index is 13.1. The lowest BCUT2D eigenvalue weighted by Gasteiger charge is -2.46. The SMILES string of the molecule is C[C@@H]1CN(c2ncnc3c2c(C2CCC2)cn3-c2cc(C#N)ccn2)[C@@H](C)CN1C(=O)C(C)(C)C. The predicted octanol–water partition coefficient (Wildman–Crippen LogP) is 4.43. The first-order valence-electron chi connectivity index (χ1n) is 12.5. The number of piperazine rings is 1. The number of anilines is 1. The molecule has 0 radical (unpaired) electrons. The molecule has 35 heavy (non-hydrogen) atoms. The van der Waals surface area contributed by atoms with E-state index < -0.39 is 5.41 Å². The quantitative estimate of drug-likeness (QED) is 0.561. The van der Waals surface area contributed by atoms with E-state index >= 15 is 0 Å². The van der Waals surface area contributed by atoms with Gasteiger partial charge in [-0.05, 0) is 50.3 Å². The second-order valence-corrected chi connectivity index (χ2v) is 11.1. The summed E-state index contributed by atoms with van der Waals surface area (Å²) in [5.74, 6) is 2.27. The number of nitrogens with zero attached hydrogens (tertiary/aromatic N) is 7. The number of aromatic nitrogens is 4. The monoisotopic (exact) mass is 471 g/mol. The van der Waals surface area contributed by atoms with Gasteiger partial charge in [0.05, 0.1) is 17.0 Å². The van der Waals surface area contributed by atoms with Crippen LogP contribution in [0.2, 0.25) is 0 Å². The molecule has 2 fully saturated rings. The Labute approximate surface area is 206 Å². The molecule has 3 aromatic rings. The molecule has 0 unspecified atom stereocenters. The highest BCUT2D eigenvalue weighted by molar-refractivity contribution is 5.93. The molecule has 4 heterocycles. The van der Waals surface area contributed by atoms with Crippen molar-refractivity contribution in [2.75, 3.05) is 18.0 Å². The molecule has 1 saturated heterocycles. The van der Waals surface area contributed by atoms with Crippen molar-refractivity contribution < 1.29 is 4.79 Å². The summed E-state index contributed by atoms with van der Waals surface area (Å²) >= 11 is 0. The molecule has 2 atom stereocenters. The number of hydrogen-bond donors (Lipinski definition) is 0. The van der Waals surface area contributed by atoms with Crippen LogP contribution in [0.15, 0.2) is 30.9 Å². The standard InChI is InChI=1S/C27H33N7O/c1-17-14-33(26(35)27(3,4)5)18(2)13-32(17)24-23-21(20-7-6-8-20)15-34(25(23)31-16-30-24)22-11-19(12-28)9-10-29-22/h9-11,15-18,20H,6-8,13-14H2,1-5H3/t17-,18+/m0/s1. The van der Waals surface area contributed by atoms with Gasteiger partial charge in [0.25, 0.3) is 0 Å². The van der Waals surface area contributed by atoms with Crippen molar-refractivity contribution in [1.82, 2.24) is 24.4 Å². The topological polar surface area (TPSA) is 90.9 Å². The Morgan fingerprint density at radius 3 is 2.54 bits per heavy atom. The second-order valence-electron chi connectivity index (χ2n) is 11.1. The minimum Gasteiger partial charge on any atom is -0.349 e. The van der Waals surface area contributed by atoms with Crippen LogP contribution >= 0.6 is 0 Å². The zero-order chi connectivity index (χ0) is 24.9. The number of hydrogen-bond acceptors (Lipinski definition) is 6. The first-order chi connectivity index (χ1) is 16.7. The van der Waals surface area contributed by atoms with Gasteiger partial charge < -0.3 is 9.80 Å². The van der Waals surface area contributed by atoms with Crippen molar-refractivity contribution in [3.05, 3.63) is 42.0 Å². The highest BCUT2D eigenvalue weighted by atomic mass is 16.2. The van der Waals surface area contributed by atoms with Crippen LogP contribution in [-0.4, -0.2) is 55.5 Å². The van der Waals surface area contributed by atoms with Crippen LogP contribution in [-0.2, 0) is 4.79 Å². The Morgan fingerprint density at radius 1 is 1.11 bits per heavy atom. The van der Waals surface area contributed by atoms with E-state index in [4.69, 9.17) is 4.98 Å². The van der Waals surface area contributed by atoms with Crippen molar-refractivity contribution in [1.29, 1.82) is 5.26 Å². The van der Waals surface area contributed by atoms with Crippen LogP contribution in [0.1, 0.15) is 70.9 Å². The maximum Gasteiger partial charge on any atom is 0.228 e. The van der Waals surface area contributed by atoms with Crippen LogP contribution in [0.3, 0.4) is 0 Å². The molecule has 1 aliphatic carbocycles. The third-order valence-corrected chi connectivity index (χ3v) is 7.42. The number of rotatable bonds is 3. The zero-order valence-electron chi connectivity index (χ0n) is 21.2. The lowest BCUT2D eigenvalue weighted by molar-refractivity contribution is -0.142. The summed E-state index contributed by atoms with van der Waals surface area (Å²) in [4.78, 5) is 31.5. The molecule has 2 aliphatic rings. The molecule has 0 bridgehead atoms. The van der Waals surface area contributed by atoms with E-state index in [9.17, 15) is 10.1 Å². The molecule has 5 rings (SSSR count). The summed E-state index contributed by atoms with van der Waals surface area (Å²) in [6.07, 6.45) is 8.96. The number of carbonyl (C=O) groups excluding carboxylic acids is 1. The molecule has 1 saturated carbocycles. The van der Waals surface area contributed by atoms with Gasteiger partial charge in [-0.3, -0.25) is 9.36 Å². The lowest BCUT2D eigenvalue weighted by atomic mass is 9.80. The van der Waals surface area contributed by atoms with Crippen molar-refractivity contribution in [3.8, 4) is 11.9 Å². The molecule has 182 valence electrons. The highest BCUT2D eigenvalue weighted by Crippen LogP contribution is 2.43. The average molecular weight is 472 g/mol. The van der Waals surface area contributed by atoms with E-state index in [-0.39, 0.29) is 18.0 Å². The third-order valence-electron chi connectivity index (χ3n) is 7.42. The zero-order valence-corrected chi connectivity index (χ0v) is 21.2. The Kier molecular flexibility index (Phi) is 5.74. The molecule has 1 amide bonds. The molecule has 0 aromatic carbocycles. The van der Waals surface area contributed by atoms with E-state index in [2.05, 4.69) is 41.0 Å². The molecule has 0 spiro atoms. The summed E-state index contributed by atoms with van der Waals surface area (Å²) in [5, 5.41) is 10.5. The number of fused-ring (bicyclic) bond motifs is 1. The van der Waals surface area contributed by atoms with Gasteiger partial charge in [0, 0.05) is 43.0 Å². The van der Waals surface area contributed by atoms with Gasteiger partial charge >= 0.3 is 0 Å². The Balaban J connectivity index is 1.59. The summed E-state index contributed by atoms with van der Waals surface area (Å²) in [5.41, 5.74) is 2.22. The van der Waals surface area contributed by atoms with E-state index in [0.29, 0.717) is 30.4 Å². The number of pyridine rings is 1. The smallest absolute Gasteiger partial charge is 0.228 e. The van der Waals surface area contributed by atoms with E-state index in [1.54, 1.807) is 24.7 Å². The summed E-state index contributed by atoms with van der Waals surface area (Å²) in [6, 6.07) is 5.91. The average Bonchev–Trinajstić information content (AvgIpc) is 3.17. The molecular formula is C27H33N7O.